The number of aromatic nitrogens is 3. The maximum Gasteiger partial charge on any atom is 0.232 e. The minimum absolute atomic E-state index is 0.000998. The quantitative estimate of drug-likeness (QED) is 0.732. The summed E-state index contributed by atoms with van der Waals surface area (Å²) in [5.74, 6) is 1.73. The Balaban J connectivity index is 2.25. The van der Waals surface area contributed by atoms with Crippen molar-refractivity contribution in [3.8, 4) is 0 Å². The summed E-state index contributed by atoms with van der Waals surface area (Å²) < 4.78 is 5.42. The molecule has 0 aliphatic carbocycles. The molecule has 0 amide bonds. The monoisotopic (exact) mass is 268 g/mol. The van der Waals surface area contributed by atoms with Crippen LogP contribution in [0.1, 0.15) is 0 Å². The zero-order valence-electron chi connectivity index (χ0n) is 11.5. The maximum atomic E-state index is 9.17. The van der Waals surface area contributed by atoms with Crippen molar-refractivity contribution in [2.75, 3.05) is 62.6 Å². The molecule has 1 aromatic heterocycles. The van der Waals surface area contributed by atoms with Crippen LogP contribution in [-0.2, 0) is 4.74 Å². The van der Waals surface area contributed by atoms with Crippen LogP contribution in [0.4, 0.5) is 17.8 Å². The molecule has 0 saturated carbocycles. The van der Waals surface area contributed by atoms with E-state index in [1.807, 2.05) is 23.9 Å². The molecule has 0 spiro atoms. The molecule has 1 aromatic rings. The fraction of sp³-hybridized carbons (Fsp3) is 0.727. The van der Waals surface area contributed by atoms with Crippen LogP contribution in [0.2, 0.25) is 0 Å². The van der Waals surface area contributed by atoms with Crippen molar-refractivity contribution in [1.29, 1.82) is 0 Å². The smallest absolute Gasteiger partial charge is 0.232 e. The molecule has 1 unspecified atom stereocenters. The van der Waals surface area contributed by atoms with E-state index < -0.39 is 0 Å². The molecule has 0 bridgehead atoms. The normalized spacial score (nSPS) is 19.4. The molecule has 2 heterocycles. The van der Waals surface area contributed by atoms with Crippen molar-refractivity contribution in [3.63, 3.8) is 0 Å². The lowest BCUT2D eigenvalue weighted by Crippen LogP contribution is -2.45. The van der Waals surface area contributed by atoms with E-state index in [-0.39, 0.29) is 12.7 Å². The van der Waals surface area contributed by atoms with E-state index in [1.54, 1.807) is 7.05 Å². The zero-order valence-corrected chi connectivity index (χ0v) is 11.5. The summed E-state index contributed by atoms with van der Waals surface area (Å²) in [5, 5.41) is 12.1. The van der Waals surface area contributed by atoms with Gasteiger partial charge >= 0.3 is 0 Å². The van der Waals surface area contributed by atoms with Gasteiger partial charge in [-0.2, -0.15) is 15.0 Å². The number of morpholine rings is 1. The molecule has 1 saturated heterocycles. The molecule has 8 nitrogen and oxygen atoms in total. The summed E-state index contributed by atoms with van der Waals surface area (Å²) >= 11 is 0. The number of hydrogen-bond acceptors (Lipinski definition) is 8. The van der Waals surface area contributed by atoms with Crippen molar-refractivity contribution < 1.29 is 9.84 Å². The molecule has 0 radical (unpaired) electrons. The highest BCUT2D eigenvalue weighted by molar-refractivity contribution is 5.44. The van der Waals surface area contributed by atoms with Gasteiger partial charge in [0.05, 0.1) is 19.3 Å². The average molecular weight is 268 g/mol. The van der Waals surface area contributed by atoms with Crippen molar-refractivity contribution in [2.45, 2.75) is 6.10 Å². The van der Waals surface area contributed by atoms with E-state index >= 15 is 0 Å². The largest absolute Gasteiger partial charge is 0.394 e. The van der Waals surface area contributed by atoms with Crippen LogP contribution >= 0.6 is 0 Å². The minimum Gasteiger partial charge on any atom is -0.394 e. The third-order valence-corrected chi connectivity index (χ3v) is 2.86. The molecule has 2 rings (SSSR count). The first-order chi connectivity index (χ1) is 9.13. The van der Waals surface area contributed by atoms with Crippen LogP contribution in [0.5, 0.6) is 0 Å². The standard InChI is InChI=1S/C11H20N6O2/c1-12-9-13-10(16(2)3)15-11(14-9)17-4-5-19-8(6-17)7-18/h8,18H,4-7H2,1-3H3,(H,12,13,14,15). The summed E-state index contributed by atoms with van der Waals surface area (Å²) in [5.41, 5.74) is 0. The lowest BCUT2D eigenvalue weighted by Gasteiger charge is -2.32. The van der Waals surface area contributed by atoms with Crippen molar-refractivity contribution in [3.05, 3.63) is 0 Å². The Morgan fingerprint density at radius 2 is 2.21 bits per heavy atom. The highest BCUT2D eigenvalue weighted by Gasteiger charge is 2.23. The summed E-state index contributed by atoms with van der Waals surface area (Å²) in [6, 6.07) is 0. The second-order valence-electron chi connectivity index (χ2n) is 4.52. The molecule has 0 aromatic carbocycles. The summed E-state index contributed by atoms with van der Waals surface area (Å²) in [7, 11) is 5.54. The number of nitrogens with zero attached hydrogens (tertiary/aromatic N) is 5. The van der Waals surface area contributed by atoms with Gasteiger partial charge < -0.3 is 25.0 Å². The number of aliphatic hydroxyl groups is 1. The van der Waals surface area contributed by atoms with Gasteiger partial charge in [-0.3, -0.25) is 0 Å². The van der Waals surface area contributed by atoms with Gasteiger partial charge in [-0.1, -0.05) is 0 Å². The highest BCUT2D eigenvalue weighted by Crippen LogP contribution is 2.17. The Morgan fingerprint density at radius 3 is 2.84 bits per heavy atom. The molecule has 1 atom stereocenters. The lowest BCUT2D eigenvalue weighted by molar-refractivity contribution is 0.00314. The second-order valence-corrected chi connectivity index (χ2v) is 4.52. The second kappa shape index (κ2) is 5.98. The Morgan fingerprint density at radius 1 is 1.42 bits per heavy atom. The highest BCUT2D eigenvalue weighted by atomic mass is 16.5. The van der Waals surface area contributed by atoms with Gasteiger partial charge in [0.1, 0.15) is 0 Å². The van der Waals surface area contributed by atoms with Crippen LogP contribution in [0.3, 0.4) is 0 Å². The van der Waals surface area contributed by atoms with Gasteiger partial charge in [0.2, 0.25) is 17.8 Å². The summed E-state index contributed by atoms with van der Waals surface area (Å²) in [6.07, 6.45) is -0.189. The number of rotatable bonds is 4. The van der Waals surface area contributed by atoms with Crippen LogP contribution in [-0.4, -0.2) is 73.6 Å². The van der Waals surface area contributed by atoms with Gasteiger partial charge in [0.15, 0.2) is 0 Å². The minimum atomic E-state index is -0.189. The van der Waals surface area contributed by atoms with Gasteiger partial charge in [0.25, 0.3) is 0 Å². The summed E-state index contributed by atoms with van der Waals surface area (Å²) in [6.45, 7) is 1.84. The molecule has 8 heteroatoms. The fourth-order valence-corrected chi connectivity index (χ4v) is 1.82. The lowest BCUT2D eigenvalue weighted by atomic mass is 10.3. The van der Waals surface area contributed by atoms with Crippen LogP contribution in [0.15, 0.2) is 0 Å². The summed E-state index contributed by atoms with van der Waals surface area (Å²) in [4.78, 5) is 16.9. The predicted octanol–water partition coefficient (Wildman–Crippen LogP) is -0.823. The number of ether oxygens (including phenoxy) is 1. The van der Waals surface area contributed by atoms with Crippen molar-refractivity contribution >= 4 is 17.8 Å². The Labute approximate surface area is 112 Å². The first kappa shape index (κ1) is 13.8. The van der Waals surface area contributed by atoms with E-state index in [2.05, 4.69) is 20.3 Å². The van der Waals surface area contributed by atoms with Gasteiger partial charge in [-0.05, 0) is 0 Å². The first-order valence-electron chi connectivity index (χ1n) is 6.22. The van der Waals surface area contributed by atoms with E-state index in [1.165, 1.54) is 0 Å². The fourth-order valence-electron chi connectivity index (χ4n) is 1.82. The van der Waals surface area contributed by atoms with Crippen LogP contribution < -0.4 is 15.1 Å². The van der Waals surface area contributed by atoms with E-state index in [9.17, 15) is 5.11 Å². The van der Waals surface area contributed by atoms with Crippen LogP contribution in [0.25, 0.3) is 0 Å². The third-order valence-electron chi connectivity index (χ3n) is 2.86. The molecule has 1 aliphatic rings. The molecular formula is C11H20N6O2. The predicted molar refractivity (Wildman–Crippen MR) is 72.7 cm³/mol. The van der Waals surface area contributed by atoms with Crippen molar-refractivity contribution in [1.82, 2.24) is 15.0 Å². The van der Waals surface area contributed by atoms with E-state index in [4.69, 9.17) is 4.74 Å². The van der Waals surface area contributed by atoms with Gasteiger partial charge in [-0.15, -0.1) is 0 Å². The number of anilines is 3. The number of nitrogens with one attached hydrogen (secondary N) is 1. The maximum absolute atomic E-state index is 9.17. The molecule has 2 N–H and O–H groups in total. The molecule has 106 valence electrons. The Bertz CT molecular complexity index is 428. The molecular weight excluding hydrogens is 248 g/mol. The topological polar surface area (TPSA) is 86.6 Å². The Kier molecular flexibility index (Phi) is 4.33. The SMILES string of the molecule is CNc1nc(N(C)C)nc(N2CCOC(CO)C2)n1. The zero-order chi connectivity index (χ0) is 13.8. The van der Waals surface area contributed by atoms with Crippen LogP contribution in [0, 0.1) is 0 Å². The molecule has 1 aliphatic heterocycles. The van der Waals surface area contributed by atoms with Gasteiger partial charge in [0, 0.05) is 34.2 Å². The van der Waals surface area contributed by atoms with Gasteiger partial charge in [-0.25, -0.2) is 0 Å². The number of hydrogen-bond donors (Lipinski definition) is 2. The first-order valence-corrected chi connectivity index (χ1v) is 6.22. The molecule has 1 fully saturated rings. The number of aliphatic hydroxyl groups excluding tert-OH is 1. The van der Waals surface area contributed by atoms with E-state index in [0.717, 1.165) is 0 Å². The third kappa shape index (κ3) is 3.21. The average Bonchev–Trinajstić information content (AvgIpc) is 2.46. The van der Waals surface area contributed by atoms with E-state index in [0.29, 0.717) is 37.5 Å². The molecule has 19 heavy (non-hydrogen) atoms. The van der Waals surface area contributed by atoms with Crippen molar-refractivity contribution in [2.24, 2.45) is 0 Å². The Hall–Kier alpha value is -1.67.